The maximum Gasteiger partial charge on any atom is 0.222 e. The van der Waals surface area contributed by atoms with Crippen LogP contribution in [-0.2, 0) is 4.79 Å². The van der Waals surface area contributed by atoms with Gasteiger partial charge in [0.05, 0.1) is 4.99 Å². The summed E-state index contributed by atoms with van der Waals surface area (Å²) in [6, 6.07) is 0. The fraction of sp³-hybridized carbons (Fsp3) is 0.800. The molecule has 0 radical (unpaired) electrons. The van der Waals surface area contributed by atoms with Crippen LogP contribution < -0.4 is 5.73 Å². The molecule has 0 aliphatic carbocycles. The van der Waals surface area contributed by atoms with Gasteiger partial charge in [-0.2, -0.15) is 0 Å². The predicted molar refractivity (Wildman–Crippen MR) is 61.0 cm³/mol. The summed E-state index contributed by atoms with van der Waals surface area (Å²) in [5.41, 5.74) is 5.48. The Kier molecular flexibility index (Phi) is 3.48. The maximum atomic E-state index is 11.3. The van der Waals surface area contributed by atoms with E-state index < -0.39 is 0 Å². The Bertz CT molecular complexity index is 251. The van der Waals surface area contributed by atoms with Gasteiger partial charge in [-0.1, -0.05) is 26.1 Å². The van der Waals surface area contributed by atoms with Gasteiger partial charge in [0, 0.05) is 24.9 Å². The highest BCUT2D eigenvalue weighted by Crippen LogP contribution is 2.22. The third-order valence-electron chi connectivity index (χ3n) is 2.85. The molecular formula is C10H18N2OS. The molecule has 4 heteroatoms. The Hall–Kier alpha value is -0.640. The summed E-state index contributed by atoms with van der Waals surface area (Å²) < 4.78 is 0. The second kappa shape index (κ2) is 4.26. The van der Waals surface area contributed by atoms with Crippen molar-refractivity contribution in [3.63, 3.8) is 0 Å². The van der Waals surface area contributed by atoms with Gasteiger partial charge in [0.15, 0.2) is 0 Å². The molecule has 3 nitrogen and oxygen atoms in total. The smallest absolute Gasteiger partial charge is 0.222 e. The Balaban J connectivity index is 2.40. The van der Waals surface area contributed by atoms with Crippen molar-refractivity contribution in [2.24, 2.45) is 11.1 Å². The maximum absolute atomic E-state index is 11.3. The highest BCUT2D eigenvalue weighted by atomic mass is 32.1. The lowest BCUT2D eigenvalue weighted by molar-refractivity contribution is -0.127. The fourth-order valence-electron chi connectivity index (χ4n) is 1.48. The molecule has 0 saturated carbocycles. The Morgan fingerprint density at radius 1 is 1.64 bits per heavy atom. The van der Waals surface area contributed by atoms with Crippen LogP contribution in [0.2, 0.25) is 0 Å². The molecule has 0 bridgehead atoms. The zero-order valence-electron chi connectivity index (χ0n) is 8.88. The molecule has 1 fully saturated rings. The average molecular weight is 214 g/mol. The molecule has 2 N–H and O–H groups in total. The minimum Gasteiger partial charge on any atom is -0.393 e. The number of carbonyl (C=O) groups is 1. The third kappa shape index (κ3) is 2.67. The molecule has 0 spiro atoms. The molecule has 1 aliphatic heterocycles. The van der Waals surface area contributed by atoms with Crippen LogP contribution in [0.4, 0.5) is 0 Å². The van der Waals surface area contributed by atoms with Gasteiger partial charge in [-0.25, -0.2) is 0 Å². The number of nitrogens with two attached hydrogens (primary N) is 1. The Labute approximate surface area is 90.6 Å². The van der Waals surface area contributed by atoms with Gasteiger partial charge in [0.2, 0.25) is 5.91 Å². The standard InChI is InChI=1S/C10H18N2OS/c1-10(2,9(11)14)5-7-12-6-3-4-8(12)13/h3-7H2,1-2H3,(H2,11,14). The van der Waals surface area contributed by atoms with Gasteiger partial charge in [0.25, 0.3) is 0 Å². The first kappa shape index (κ1) is 11.4. The van der Waals surface area contributed by atoms with Crippen molar-refractivity contribution >= 4 is 23.1 Å². The molecule has 0 atom stereocenters. The molecule has 1 saturated heterocycles. The summed E-state index contributed by atoms with van der Waals surface area (Å²) in [7, 11) is 0. The van der Waals surface area contributed by atoms with Gasteiger partial charge < -0.3 is 10.6 Å². The van der Waals surface area contributed by atoms with E-state index in [2.05, 4.69) is 0 Å². The van der Waals surface area contributed by atoms with E-state index in [1.54, 1.807) is 0 Å². The topological polar surface area (TPSA) is 46.3 Å². The van der Waals surface area contributed by atoms with Gasteiger partial charge >= 0.3 is 0 Å². The van der Waals surface area contributed by atoms with Crippen molar-refractivity contribution in [2.75, 3.05) is 13.1 Å². The van der Waals surface area contributed by atoms with Crippen molar-refractivity contribution in [3.8, 4) is 0 Å². The summed E-state index contributed by atoms with van der Waals surface area (Å²) in [5, 5.41) is 0. The molecule has 1 aliphatic rings. The minimum absolute atomic E-state index is 0.141. The number of amides is 1. The second-order valence-electron chi connectivity index (χ2n) is 4.48. The zero-order valence-corrected chi connectivity index (χ0v) is 9.69. The number of thiocarbonyl (C=S) groups is 1. The highest BCUT2D eigenvalue weighted by molar-refractivity contribution is 7.80. The van der Waals surface area contributed by atoms with Crippen LogP contribution in [0.1, 0.15) is 33.1 Å². The van der Waals surface area contributed by atoms with Gasteiger partial charge in [-0.15, -0.1) is 0 Å². The van der Waals surface area contributed by atoms with Crippen molar-refractivity contribution < 1.29 is 4.79 Å². The first-order chi connectivity index (χ1) is 6.43. The van der Waals surface area contributed by atoms with E-state index in [1.807, 2.05) is 18.7 Å². The molecule has 0 aromatic carbocycles. The van der Waals surface area contributed by atoms with E-state index in [4.69, 9.17) is 18.0 Å². The number of carbonyl (C=O) groups excluding carboxylic acids is 1. The summed E-state index contributed by atoms with van der Waals surface area (Å²) in [6.07, 6.45) is 2.55. The SMILES string of the molecule is CC(C)(CCN1CCCC1=O)C(N)=S. The lowest BCUT2D eigenvalue weighted by Gasteiger charge is -2.26. The van der Waals surface area contributed by atoms with E-state index in [0.29, 0.717) is 11.4 Å². The van der Waals surface area contributed by atoms with Crippen molar-refractivity contribution in [2.45, 2.75) is 33.1 Å². The fourth-order valence-corrected chi connectivity index (χ4v) is 1.58. The molecule has 0 unspecified atom stereocenters. The number of nitrogens with zero attached hydrogens (tertiary/aromatic N) is 1. The second-order valence-corrected chi connectivity index (χ2v) is 4.92. The lowest BCUT2D eigenvalue weighted by Crippen LogP contribution is -2.35. The average Bonchev–Trinajstić information content (AvgIpc) is 2.47. The third-order valence-corrected chi connectivity index (χ3v) is 3.40. The van der Waals surface area contributed by atoms with Crippen LogP contribution in [0.25, 0.3) is 0 Å². The van der Waals surface area contributed by atoms with E-state index in [0.717, 1.165) is 25.9 Å². The number of likely N-dealkylation sites (tertiary alicyclic amines) is 1. The molecule has 1 heterocycles. The van der Waals surface area contributed by atoms with Crippen LogP contribution in [0, 0.1) is 5.41 Å². The Morgan fingerprint density at radius 2 is 2.29 bits per heavy atom. The molecular weight excluding hydrogens is 196 g/mol. The predicted octanol–water partition coefficient (Wildman–Crippen LogP) is 1.31. The summed E-state index contributed by atoms with van der Waals surface area (Å²) in [5.74, 6) is 0.267. The van der Waals surface area contributed by atoms with E-state index in [9.17, 15) is 4.79 Å². The molecule has 1 rings (SSSR count). The summed E-state index contributed by atoms with van der Waals surface area (Å²) in [6.45, 7) is 5.72. The van der Waals surface area contributed by atoms with Crippen LogP contribution in [0.3, 0.4) is 0 Å². The monoisotopic (exact) mass is 214 g/mol. The summed E-state index contributed by atoms with van der Waals surface area (Å²) >= 11 is 4.98. The van der Waals surface area contributed by atoms with Crippen molar-refractivity contribution in [3.05, 3.63) is 0 Å². The van der Waals surface area contributed by atoms with Gasteiger partial charge in [-0.3, -0.25) is 4.79 Å². The van der Waals surface area contributed by atoms with Gasteiger partial charge in [-0.05, 0) is 12.8 Å². The number of hydrogen-bond acceptors (Lipinski definition) is 2. The molecule has 1 amide bonds. The molecule has 0 aromatic heterocycles. The molecule has 14 heavy (non-hydrogen) atoms. The van der Waals surface area contributed by atoms with Crippen LogP contribution in [0.5, 0.6) is 0 Å². The van der Waals surface area contributed by atoms with E-state index in [-0.39, 0.29) is 11.3 Å². The van der Waals surface area contributed by atoms with Crippen LogP contribution in [0.15, 0.2) is 0 Å². The van der Waals surface area contributed by atoms with Crippen molar-refractivity contribution in [1.82, 2.24) is 4.90 Å². The summed E-state index contributed by atoms with van der Waals surface area (Å²) in [4.78, 5) is 13.8. The Morgan fingerprint density at radius 3 is 2.71 bits per heavy atom. The van der Waals surface area contributed by atoms with Gasteiger partial charge in [0.1, 0.15) is 0 Å². The first-order valence-corrected chi connectivity index (χ1v) is 5.42. The van der Waals surface area contributed by atoms with Crippen LogP contribution in [-0.4, -0.2) is 28.9 Å². The van der Waals surface area contributed by atoms with E-state index in [1.165, 1.54) is 0 Å². The molecule has 0 aromatic rings. The number of hydrogen-bond donors (Lipinski definition) is 1. The zero-order chi connectivity index (χ0) is 10.8. The largest absolute Gasteiger partial charge is 0.393 e. The van der Waals surface area contributed by atoms with Crippen LogP contribution >= 0.6 is 12.2 Å². The highest BCUT2D eigenvalue weighted by Gasteiger charge is 2.25. The minimum atomic E-state index is -0.141. The first-order valence-electron chi connectivity index (χ1n) is 5.01. The normalized spacial score (nSPS) is 17.6. The van der Waals surface area contributed by atoms with Crippen molar-refractivity contribution in [1.29, 1.82) is 0 Å². The quantitative estimate of drug-likeness (QED) is 0.718. The molecule has 80 valence electrons. The number of rotatable bonds is 4. The van der Waals surface area contributed by atoms with E-state index >= 15 is 0 Å². The lowest BCUT2D eigenvalue weighted by atomic mass is 9.89.